The third kappa shape index (κ3) is 4.57. The second-order valence-corrected chi connectivity index (χ2v) is 7.65. The van der Waals surface area contributed by atoms with Gasteiger partial charge in [0.2, 0.25) is 0 Å². The Morgan fingerprint density at radius 1 is 1.35 bits per heavy atom. The highest BCUT2D eigenvalue weighted by atomic mass is 16.5. The molecule has 7 nitrogen and oxygen atoms in total. The molecule has 146 valence electrons. The minimum absolute atomic E-state index is 0.0596. The maximum Gasteiger partial charge on any atom is 0.317 e. The number of nitrogens with one attached hydrogen (secondary N) is 1. The van der Waals surface area contributed by atoms with Crippen LogP contribution in [-0.4, -0.2) is 70.5 Å². The molecule has 2 amide bonds. The lowest BCUT2D eigenvalue weighted by atomic mass is 10.2. The van der Waals surface area contributed by atoms with Crippen LogP contribution in [0.2, 0.25) is 0 Å². The van der Waals surface area contributed by atoms with E-state index in [0.717, 1.165) is 57.0 Å². The third-order valence-corrected chi connectivity index (χ3v) is 5.74. The van der Waals surface area contributed by atoms with Gasteiger partial charge in [-0.2, -0.15) is 5.10 Å². The summed E-state index contributed by atoms with van der Waals surface area (Å²) in [6.07, 6.45) is 3.18. The van der Waals surface area contributed by atoms with Crippen LogP contribution < -0.4 is 5.32 Å². The first-order valence-electron chi connectivity index (χ1n) is 9.82. The molecule has 0 aromatic carbocycles. The van der Waals surface area contributed by atoms with E-state index >= 15 is 0 Å². The fraction of sp³-hybridized carbons (Fsp3) is 0.789. The molecule has 1 saturated carbocycles. The molecule has 1 aromatic heterocycles. The number of hydrogen-bond donors (Lipinski definition) is 1. The van der Waals surface area contributed by atoms with Crippen LogP contribution in [-0.2, 0) is 18.3 Å². The molecule has 1 aliphatic heterocycles. The number of morpholine rings is 1. The average molecular weight is 364 g/mol. The molecular weight excluding hydrogens is 330 g/mol. The van der Waals surface area contributed by atoms with Gasteiger partial charge in [-0.1, -0.05) is 0 Å². The Morgan fingerprint density at radius 3 is 2.62 bits per heavy atom. The first kappa shape index (κ1) is 19.2. The van der Waals surface area contributed by atoms with Crippen LogP contribution in [0.15, 0.2) is 0 Å². The summed E-state index contributed by atoms with van der Waals surface area (Å²) in [7, 11) is 1.96. The Hall–Kier alpha value is -1.60. The van der Waals surface area contributed by atoms with Crippen LogP contribution in [0, 0.1) is 13.8 Å². The Balaban J connectivity index is 1.51. The molecule has 1 aliphatic carbocycles. The summed E-state index contributed by atoms with van der Waals surface area (Å²) < 4.78 is 7.31. The highest BCUT2D eigenvalue weighted by Gasteiger charge is 2.33. The van der Waals surface area contributed by atoms with Gasteiger partial charge in [0.05, 0.1) is 25.5 Å². The van der Waals surface area contributed by atoms with E-state index in [9.17, 15) is 4.79 Å². The van der Waals surface area contributed by atoms with Crippen molar-refractivity contribution in [3.05, 3.63) is 17.0 Å². The lowest BCUT2D eigenvalue weighted by molar-refractivity contribution is 0.0188. The summed E-state index contributed by atoms with van der Waals surface area (Å²) >= 11 is 0. The van der Waals surface area contributed by atoms with E-state index in [1.54, 1.807) is 0 Å². The molecule has 2 heterocycles. The summed E-state index contributed by atoms with van der Waals surface area (Å²) in [6, 6.07) is 0.909. The topological polar surface area (TPSA) is 62.6 Å². The van der Waals surface area contributed by atoms with Crippen molar-refractivity contribution in [1.82, 2.24) is 24.9 Å². The summed E-state index contributed by atoms with van der Waals surface area (Å²) in [6.45, 7) is 11.3. The van der Waals surface area contributed by atoms with Gasteiger partial charge in [-0.25, -0.2) is 4.79 Å². The second kappa shape index (κ2) is 8.39. The van der Waals surface area contributed by atoms with Crippen molar-refractivity contribution in [3.8, 4) is 0 Å². The molecule has 26 heavy (non-hydrogen) atoms. The SMILES string of the molecule is Cc1nn(C)c(C)c1CN(C(=O)NCCC(C)N1CCOCC1)C1CC1. The van der Waals surface area contributed by atoms with E-state index in [4.69, 9.17) is 4.74 Å². The van der Waals surface area contributed by atoms with E-state index in [0.29, 0.717) is 25.2 Å². The maximum atomic E-state index is 12.8. The van der Waals surface area contributed by atoms with Gasteiger partial charge in [0.1, 0.15) is 0 Å². The molecule has 1 atom stereocenters. The Bertz CT molecular complexity index is 620. The molecule has 0 bridgehead atoms. The van der Waals surface area contributed by atoms with Gasteiger partial charge < -0.3 is 15.0 Å². The number of carbonyl (C=O) groups is 1. The smallest absolute Gasteiger partial charge is 0.317 e. The molecule has 7 heteroatoms. The normalized spacial score (nSPS) is 19.4. The molecule has 1 saturated heterocycles. The number of amides is 2. The van der Waals surface area contributed by atoms with Crippen molar-refractivity contribution in [3.63, 3.8) is 0 Å². The zero-order chi connectivity index (χ0) is 18.7. The van der Waals surface area contributed by atoms with Crippen molar-refractivity contribution in [2.24, 2.45) is 7.05 Å². The molecule has 2 fully saturated rings. The minimum Gasteiger partial charge on any atom is -0.379 e. The second-order valence-electron chi connectivity index (χ2n) is 7.65. The zero-order valence-corrected chi connectivity index (χ0v) is 16.6. The summed E-state index contributed by atoms with van der Waals surface area (Å²) in [5.74, 6) is 0. The first-order valence-corrected chi connectivity index (χ1v) is 9.82. The Labute approximate surface area is 156 Å². The van der Waals surface area contributed by atoms with Gasteiger partial charge >= 0.3 is 6.03 Å². The number of ether oxygens (including phenoxy) is 1. The van der Waals surface area contributed by atoms with Gasteiger partial charge in [-0.3, -0.25) is 9.58 Å². The van der Waals surface area contributed by atoms with Crippen LogP contribution in [0.5, 0.6) is 0 Å². The maximum absolute atomic E-state index is 12.8. The molecule has 1 N–H and O–H groups in total. The van der Waals surface area contributed by atoms with Crippen LogP contribution >= 0.6 is 0 Å². The van der Waals surface area contributed by atoms with Gasteiger partial charge in [-0.05, 0) is 40.0 Å². The summed E-state index contributed by atoms with van der Waals surface area (Å²) in [5.41, 5.74) is 3.34. The quantitative estimate of drug-likeness (QED) is 0.803. The number of aromatic nitrogens is 2. The molecule has 3 rings (SSSR count). The van der Waals surface area contributed by atoms with Crippen molar-refractivity contribution < 1.29 is 9.53 Å². The van der Waals surface area contributed by atoms with Gasteiger partial charge in [0.15, 0.2) is 0 Å². The fourth-order valence-electron chi connectivity index (χ4n) is 3.66. The van der Waals surface area contributed by atoms with Crippen LogP contribution in [0.3, 0.4) is 0 Å². The van der Waals surface area contributed by atoms with Crippen LogP contribution in [0.1, 0.15) is 43.1 Å². The number of urea groups is 1. The molecule has 2 aliphatic rings. The number of nitrogens with zero attached hydrogens (tertiary/aromatic N) is 4. The highest BCUT2D eigenvalue weighted by molar-refractivity contribution is 5.75. The van der Waals surface area contributed by atoms with E-state index in [-0.39, 0.29) is 6.03 Å². The van der Waals surface area contributed by atoms with E-state index in [2.05, 4.69) is 29.2 Å². The lowest BCUT2D eigenvalue weighted by Gasteiger charge is -2.32. The van der Waals surface area contributed by atoms with E-state index in [1.165, 1.54) is 5.56 Å². The highest BCUT2D eigenvalue weighted by Crippen LogP contribution is 2.29. The van der Waals surface area contributed by atoms with Crippen LogP contribution in [0.25, 0.3) is 0 Å². The van der Waals surface area contributed by atoms with E-state index < -0.39 is 0 Å². The van der Waals surface area contributed by atoms with Crippen molar-refractivity contribution in [2.45, 2.75) is 58.7 Å². The monoisotopic (exact) mass is 363 g/mol. The Kier molecular flexibility index (Phi) is 6.19. The van der Waals surface area contributed by atoms with E-state index in [1.807, 2.05) is 23.6 Å². The van der Waals surface area contributed by atoms with Crippen molar-refractivity contribution in [1.29, 1.82) is 0 Å². The number of rotatable bonds is 7. The predicted molar refractivity (Wildman–Crippen MR) is 101 cm³/mol. The standard InChI is InChI=1S/C19H33N5O2/c1-14(23-9-11-26-12-10-23)7-8-20-19(25)24(17-5-6-17)13-18-15(2)21-22(4)16(18)3/h14,17H,5-13H2,1-4H3,(H,20,25). The number of carbonyl (C=O) groups excluding carboxylic acids is 1. The summed E-state index contributed by atoms with van der Waals surface area (Å²) in [5, 5.41) is 7.62. The van der Waals surface area contributed by atoms with Gasteiger partial charge in [0, 0.05) is 50.0 Å². The average Bonchev–Trinajstić information content (AvgIpc) is 3.43. The lowest BCUT2D eigenvalue weighted by Crippen LogP contribution is -2.45. The molecule has 1 unspecified atom stereocenters. The van der Waals surface area contributed by atoms with Crippen molar-refractivity contribution in [2.75, 3.05) is 32.8 Å². The largest absolute Gasteiger partial charge is 0.379 e. The minimum atomic E-state index is 0.0596. The first-order chi connectivity index (χ1) is 12.5. The van der Waals surface area contributed by atoms with Crippen molar-refractivity contribution >= 4 is 6.03 Å². The third-order valence-electron chi connectivity index (χ3n) is 5.74. The molecular formula is C19H33N5O2. The zero-order valence-electron chi connectivity index (χ0n) is 16.6. The number of aryl methyl sites for hydroxylation is 2. The van der Waals surface area contributed by atoms with Crippen LogP contribution in [0.4, 0.5) is 4.79 Å². The predicted octanol–water partition coefficient (Wildman–Crippen LogP) is 1.82. The fourth-order valence-corrected chi connectivity index (χ4v) is 3.66. The number of hydrogen-bond acceptors (Lipinski definition) is 4. The summed E-state index contributed by atoms with van der Waals surface area (Å²) in [4.78, 5) is 17.2. The van der Waals surface area contributed by atoms with Gasteiger partial charge in [0.25, 0.3) is 0 Å². The molecule has 0 radical (unpaired) electrons. The molecule has 1 aromatic rings. The Morgan fingerprint density at radius 2 is 2.04 bits per heavy atom. The van der Waals surface area contributed by atoms with Gasteiger partial charge in [-0.15, -0.1) is 0 Å². The molecule has 0 spiro atoms.